The number of carbonyl (C=O) groups is 2. The van der Waals surface area contributed by atoms with E-state index in [1.807, 2.05) is 0 Å². The van der Waals surface area contributed by atoms with Crippen LogP contribution in [0.15, 0.2) is 10.6 Å². The van der Waals surface area contributed by atoms with E-state index < -0.39 is 27.4 Å². The van der Waals surface area contributed by atoms with Gasteiger partial charge in [0.2, 0.25) is 0 Å². The van der Waals surface area contributed by atoms with Crippen molar-refractivity contribution >= 4 is 21.9 Å². The predicted octanol–water partition coefficient (Wildman–Crippen LogP) is 0.0480. The molecule has 1 aliphatic heterocycles. The van der Waals surface area contributed by atoms with Crippen molar-refractivity contribution in [2.24, 2.45) is 0 Å². The van der Waals surface area contributed by atoms with Gasteiger partial charge in [-0.05, 0) is 20.8 Å². The van der Waals surface area contributed by atoms with Crippen LogP contribution in [-0.2, 0) is 25.1 Å². The van der Waals surface area contributed by atoms with Crippen molar-refractivity contribution in [3.8, 4) is 0 Å². The van der Waals surface area contributed by atoms with E-state index in [4.69, 9.17) is 0 Å². The molecule has 0 spiro atoms. The molecule has 0 aromatic rings. The van der Waals surface area contributed by atoms with Gasteiger partial charge in [-0.2, -0.15) is 0 Å². The summed E-state index contributed by atoms with van der Waals surface area (Å²) in [6.07, 6.45) is 0. The molecule has 1 aliphatic rings. The van der Waals surface area contributed by atoms with Crippen LogP contribution < -0.4 is 5.32 Å². The first-order chi connectivity index (χ1) is 6.81. The summed E-state index contributed by atoms with van der Waals surface area (Å²) < 4.78 is 15.8. The second-order valence-electron chi connectivity index (χ2n) is 3.75. The molecule has 1 atom stereocenters. The smallest absolute Gasteiger partial charge is 0.330 e. The molecule has 1 N–H and O–H groups in total. The summed E-state index contributed by atoms with van der Waals surface area (Å²) in [5.74, 6) is -0.473. The molecule has 15 heavy (non-hydrogen) atoms. The molecule has 1 rings (SSSR count). The average molecular weight is 231 g/mol. The number of hydrogen-bond acceptors (Lipinski definition) is 5. The summed E-state index contributed by atoms with van der Waals surface area (Å²) in [6, 6.07) is 0. The highest BCUT2D eigenvalue weighted by Gasteiger charge is 2.39. The Hall–Kier alpha value is -1.17. The third-order valence-corrected chi connectivity index (χ3v) is 3.54. The first-order valence-corrected chi connectivity index (χ1v) is 5.50. The van der Waals surface area contributed by atoms with Gasteiger partial charge >= 0.3 is 5.97 Å². The Morgan fingerprint density at radius 3 is 2.40 bits per heavy atom. The lowest BCUT2D eigenvalue weighted by atomic mass is 10.1. The lowest BCUT2D eigenvalue weighted by molar-refractivity contribution is -0.146. The van der Waals surface area contributed by atoms with Gasteiger partial charge in [0.15, 0.2) is 0 Å². The molecular formula is C9H13NO4S. The van der Waals surface area contributed by atoms with E-state index in [0.717, 1.165) is 0 Å². The van der Waals surface area contributed by atoms with E-state index in [-0.39, 0.29) is 0 Å². The lowest BCUT2D eigenvalue weighted by Gasteiger charge is -2.29. The molecule has 0 radical (unpaired) electrons. The monoisotopic (exact) mass is 231 g/mol. The average Bonchev–Trinajstić information content (AvgIpc) is 2.23. The molecule has 0 aliphatic carbocycles. The van der Waals surface area contributed by atoms with Crippen molar-refractivity contribution < 1.29 is 18.5 Å². The van der Waals surface area contributed by atoms with Crippen LogP contribution in [0, 0.1) is 0 Å². The summed E-state index contributed by atoms with van der Waals surface area (Å²) in [6.45, 7) is 4.76. The van der Waals surface area contributed by atoms with Crippen LogP contribution in [-0.4, -0.2) is 27.9 Å². The third-order valence-electron chi connectivity index (χ3n) is 2.12. The Morgan fingerprint density at radius 2 is 2.00 bits per heavy atom. The molecular weight excluding hydrogens is 218 g/mol. The fourth-order valence-corrected chi connectivity index (χ4v) is 2.28. The summed E-state index contributed by atoms with van der Waals surface area (Å²) in [5, 5.41) is 2.68. The molecule has 0 bridgehead atoms. The second kappa shape index (κ2) is 3.77. The van der Waals surface area contributed by atoms with E-state index in [1.165, 1.54) is 7.11 Å². The minimum Gasteiger partial charge on any atom is -0.467 e. The normalized spacial score (nSPS) is 21.1. The predicted molar refractivity (Wildman–Crippen MR) is 55.1 cm³/mol. The first-order valence-electron chi connectivity index (χ1n) is 4.35. The number of ether oxygens (including phenoxy) is 1. The van der Waals surface area contributed by atoms with Gasteiger partial charge in [0.25, 0.3) is 5.12 Å². The van der Waals surface area contributed by atoms with E-state index in [0.29, 0.717) is 10.6 Å². The molecule has 84 valence electrons. The highest BCUT2D eigenvalue weighted by atomic mass is 32.2. The van der Waals surface area contributed by atoms with E-state index in [2.05, 4.69) is 10.1 Å². The van der Waals surface area contributed by atoms with Gasteiger partial charge in [-0.1, -0.05) is 0 Å². The summed E-state index contributed by atoms with van der Waals surface area (Å²) in [4.78, 5) is 22.3. The highest BCUT2D eigenvalue weighted by Crippen LogP contribution is 2.24. The van der Waals surface area contributed by atoms with Gasteiger partial charge < -0.3 is 10.1 Å². The minimum absolute atomic E-state index is 0.315. The summed E-state index contributed by atoms with van der Waals surface area (Å²) in [5.41, 5.74) is -0.577. The maximum Gasteiger partial charge on any atom is 0.330 e. The fraction of sp³-hybridized carbons (Fsp3) is 0.556. The SMILES string of the molecule is COC(=O)C(C)(C)NC1=C(C)C(=O)S1=O. The molecule has 5 nitrogen and oxygen atoms in total. The Labute approximate surface area is 90.3 Å². The molecule has 0 amide bonds. The number of nitrogens with one attached hydrogen (secondary N) is 1. The van der Waals surface area contributed by atoms with E-state index in [9.17, 15) is 13.8 Å². The number of hydrogen-bond donors (Lipinski definition) is 1. The molecule has 0 fully saturated rings. The van der Waals surface area contributed by atoms with Gasteiger partial charge in [-0.25, -0.2) is 9.00 Å². The van der Waals surface area contributed by atoms with Gasteiger partial charge in [-0.3, -0.25) is 4.79 Å². The maximum absolute atomic E-state index is 11.3. The van der Waals surface area contributed by atoms with Gasteiger partial charge in [0.05, 0.1) is 7.11 Å². The molecule has 1 heterocycles. The molecule has 0 saturated heterocycles. The highest BCUT2D eigenvalue weighted by molar-refractivity contribution is 8.06. The van der Waals surface area contributed by atoms with Crippen LogP contribution in [0.25, 0.3) is 0 Å². The standard InChI is InChI=1S/C9H13NO4S/c1-5-6(15(13)7(5)11)10-9(2,3)8(12)14-4/h10H,1-4H3. The van der Waals surface area contributed by atoms with Gasteiger partial charge in [0, 0.05) is 5.57 Å². The third kappa shape index (κ3) is 1.94. The van der Waals surface area contributed by atoms with Crippen molar-refractivity contribution in [3.63, 3.8) is 0 Å². The zero-order valence-electron chi connectivity index (χ0n) is 9.04. The van der Waals surface area contributed by atoms with Crippen LogP contribution >= 0.6 is 0 Å². The Morgan fingerprint density at radius 1 is 1.47 bits per heavy atom. The Bertz CT molecular complexity index is 384. The van der Waals surface area contributed by atoms with Crippen molar-refractivity contribution in [2.75, 3.05) is 7.11 Å². The van der Waals surface area contributed by atoms with E-state index in [1.54, 1.807) is 20.8 Å². The quantitative estimate of drug-likeness (QED) is 0.695. The largest absolute Gasteiger partial charge is 0.467 e. The minimum atomic E-state index is -1.65. The van der Waals surface area contributed by atoms with Gasteiger partial charge in [0.1, 0.15) is 21.4 Å². The van der Waals surface area contributed by atoms with Crippen molar-refractivity contribution in [2.45, 2.75) is 26.3 Å². The first kappa shape index (κ1) is 11.9. The summed E-state index contributed by atoms with van der Waals surface area (Å²) >= 11 is 0. The molecule has 1 unspecified atom stereocenters. The molecule has 0 saturated carbocycles. The second-order valence-corrected chi connectivity index (χ2v) is 5.07. The lowest BCUT2D eigenvalue weighted by Crippen LogP contribution is -2.50. The zero-order valence-corrected chi connectivity index (χ0v) is 9.86. The Balaban J connectivity index is 2.85. The molecule has 0 aromatic carbocycles. The number of methoxy groups -OCH3 is 1. The van der Waals surface area contributed by atoms with Crippen LogP contribution in [0.4, 0.5) is 0 Å². The summed E-state index contributed by atoms with van der Waals surface area (Å²) in [7, 11) is -0.374. The fourth-order valence-electron chi connectivity index (χ4n) is 1.15. The maximum atomic E-state index is 11.3. The Kier molecular flexibility index (Phi) is 2.99. The van der Waals surface area contributed by atoms with Crippen LogP contribution in [0.2, 0.25) is 0 Å². The number of carbonyl (C=O) groups excluding carboxylic acids is 2. The van der Waals surface area contributed by atoms with Crippen molar-refractivity contribution in [1.29, 1.82) is 0 Å². The van der Waals surface area contributed by atoms with E-state index >= 15 is 0 Å². The topological polar surface area (TPSA) is 72.5 Å². The van der Waals surface area contributed by atoms with Crippen molar-refractivity contribution in [1.82, 2.24) is 5.32 Å². The van der Waals surface area contributed by atoms with Crippen LogP contribution in [0.1, 0.15) is 20.8 Å². The van der Waals surface area contributed by atoms with Crippen LogP contribution in [0.3, 0.4) is 0 Å². The van der Waals surface area contributed by atoms with Gasteiger partial charge in [-0.15, -0.1) is 0 Å². The zero-order chi connectivity index (χ0) is 11.8. The molecule has 0 aromatic heterocycles. The van der Waals surface area contributed by atoms with Crippen molar-refractivity contribution in [3.05, 3.63) is 10.6 Å². The number of rotatable bonds is 3. The number of esters is 1. The molecule has 6 heteroatoms. The van der Waals surface area contributed by atoms with Crippen LogP contribution in [0.5, 0.6) is 0 Å².